The van der Waals surface area contributed by atoms with Crippen molar-refractivity contribution in [3.05, 3.63) is 46.0 Å². The highest BCUT2D eigenvalue weighted by Gasteiger charge is 2.22. The Kier molecular flexibility index (Phi) is 4.85. The quantitative estimate of drug-likeness (QED) is 0.921. The van der Waals surface area contributed by atoms with Crippen LogP contribution in [0.2, 0.25) is 5.02 Å². The van der Waals surface area contributed by atoms with Crippen LogP contribution in [-0.4, -0.2) is 22.0 Å². The molecule has 2 rings (SSSR count). The van der Waals surface area contributed by atoms with Gasteiger partial charge in [-0.1, -0.05) is 17.7 Å². The summed E-state index contributed by atoms with van der Waals surface area (Å²) in [7, 11) is 1.44. The van der Waals surface area contributed by atoms with Gasteiger partial charge in [0.05, 0.1) is 35.2 Å². The minimum Gasteiger partial charge on any atom is -0.496 e. The third kappa shape index (κ3) is 3.04. The summed E-state index contributed by atoms with van der Waals surface area (Å²) in [5.41, 5.74) is 1.52. The minimum absolute atomic E-state index is 0.137. The number of hydrogen-bond donors (Lipinski definition) is 1. The number of halogens is 2. The van der Waals surface area contributed by atoms with Crippen LogP contribution in [0.15, 0.2) is 18.2 Å². The van der Waals surface area contributed by atoms with Crippen LogP contribution in [0.5, 0.6) is 5.75 Å². The van der Waals surface area contributed by atoms with Crippen LogP contribution in [0.4, 0.5) is 4.39 Å². The van der Waals surface area contributed by atoms with Crippen molar-refractivity contribution in [2.24, 2.45) is 0 Å². The van der Waals surface area contributed by atoms with Crippen molar-refractivity contribution in [1.29, 1.82) is 0 Å². The maximum atomic E-state index is 14.0. The highest BCUT2D eigenvalue weighted by molar-refractivity contribution is 6.31. The van der Waals surface area contributed by atoms with Crippen molar-refractivity contribution < 1.29 is 14.2 Å². The predicted octanol–water partition coefficient (Wildman–Crippen LogP) is 3.29. The number of aliphatic hydroxyl groups excluding tert-OH is 1. The normalized spacial score (nSPS) is 12.5. The average molecular weight is 313 g/mol. The van der Waals surface area contributed by atoms with Crippen molar-refractivity contribution >= 4 is 11.6 Å². The summed E-state index contributed by atoms with van der Waals surface area (Å²) in [5, 5.41) is 15.2. The maximum Gasteiger partial charge on any atom is 0.132 e. The molecule has 0 aliphatic carbocycles. The van der Waals surface area contributed by atoms with Crippen LogP contribution in [-0.2, 0) is 13.0 Å². The first kappa shape index (κ1) is 15.8. The first-order valence-corrected chi connectivity index (χ1v) is 7.09. The SMILES string of the molecule is CCn1nc(C)c(Cl)c1CC(O)c1c(F)cccc1OC. The molecule has 2 aromatic rings. The zero-order valence-electron chi connectivity index (χ0n) is 12.2. The van der Waals surface area contributed by atoms with Crippen LogP contribution < -0.4 is 4.74 Å². The molecule has 4 nitrogen and oxygen atoms in total. The molecule has 6 heteroatoms. The van der Waals surface area contributed by atoms with E-state index in [1.807, 2.05) is 6.92 Å². The van der Waals surface area contributed by atoms with E-state index in [2.05, 4.69) is 5.10 Å². The molecule has 0 bridgehead atoms. The molecule has 0 radical (unpaired) electrons. The molecule has 0 aliphatic heterocycles. The molecule has 0 saturated heterocycles. The lowest BCUT2D eigenvalue weighted by atomic mass is 10.0. The van der Waals surface area contributed by atoms with Crippen molar-refractivity contribution in [1.82, 2.24) is 9.78 Å². The molecule has 1 N–H and O–H groups in total. The molecular formula is C15H18ClFN2O2. The van der Waals surface area contributed by atoms with E-state index in [1.165, 1.54) is 19.2 Å². The fourth-order valence-corrected chi connectivity index (χ4v) is 2.58. The average Bonchev–Trinajstić information content (AvgIpc) is 2.74. The lowest BCUT2D eigenvalue weighted by Gasteiger charge is -2.16. The van der Waals surface area contributed by atoms with Gasteiger partial charge in [0, 0.05) is 13.0 Å². The molecule has 0 saturated carbocycles. The summed E-state index contributed by atoms with van der Waals surface area (Å²) >= 11 is 6.22. The molecule has 114 valence electrons. The van der Waals surface area contributed by atoms with E-state index in [4.69, 9.17) is 16.3 Å². The van der Waals surface area contributed by atoms with Gasteiger partial charge in [0.2, 0.25) is 0 Å². The molecule has 1 aromatic carbocycles. The van der Waals surface area contributed by atoms with Crippen molar-refractivity contribution in [2.75, 3.05) is 7.11 Å². The van der Waals surface area contributed by atoms with Crippen LogP contribution in [0.25, 0.3) is 0 Å². The van der Waals surface area contributed by atoms with E-state index in [9.17, 15) is 9.50 Å². The van der Waals surface area contributed by atoms with Gasteiger partial charge in [-0.05, 0) is 26.0 Å². The lowest BCUT2D eigenvalue weighted by Crippen LogP contribution is -2.11. The second-order valence-corrected chi connectivity index (χ2v) is 5.12. The molecule has 1 atom stereocenters. The molecule has 0 amide bonds. The second kappa shape index (κ2) is 6.45. The number of nitrogens with zero attached hydrogens (tertiary/aromatic N) is 2. The molecule has 0 fully saturated rings. The smallest absolute Gasteiger partial charge is 0.132 e. The van der Waals surface area contributed by atoms with E-state index >= 15 is 0 Å². The fraction of sp³-hybridized carbons (Fsp3) is 0.400. The lowest BCUT2D eigenvalue weighted by molar-refractivity contribution is 0.166. The standard InChI is InChI=1S/C15H18ClFN2O2/c1-4-19-11(15(16)9(2)18-19)8-12(20)14-10(17)6-5-7-13(14)21-3/h5-7,12,20H,4,8H2,1-3H3. The largest absolute Gasteiger partial charge is 0.496 e. The summed E-state index contributed by atoms with van der Waals surface area (Å²) < 4.78 is 20.8. The van der Waals surface area contributed by atoms with Gasteiger partial charge in [-0.2, -0.15) is 5.10 Å². The van der Waals surface area contributed by atoms with Gasteiger partial charge >= 0.3 is 0 Å². The van der Waals surface area contributed by atoms with E-state index in [0.29, 0.717) is 28.7 Å². The number of aliphatic hydroxyl groups is 1. The molecule has 1 heterocycles. The molecule has 1 unspecified atom stereocenters. The van der Waals surface area contributed by atoms with Crippen LogP contribution in [0, 0.1) is 12.7 Å². The molecule has 1 aromatic heterocycles. The molecular weight excluding hydrogens is 295 g/mol. The Hall–Kier alpha value is -1.59. The third-order valence-corrected chi connectivity index (χ3v) is 3.90. The van der Waals surface area contributed by atoms with Crippen molar-refractivity contribution in [3.8, 4) is 5.75 Å². The predicted molar refractivity (Wildman–Crippen MR) is 79.3 cm³/mol. The number of aryl methyl sites for hydroxylation is 2. The van der Waals surface area contributed by atoms with Gasteiger partial charge in [0.25, 0.3) is 0 Å². The van der Waals surface area contributed by atoms with E-state index in [0.717, 1.165) is 0 Å². The van der Waals surface area contributed by atoms with E-state index in [1.54, 1.807) is 17.7 Å². The number of benzene rings is 1. The highest BCUT2D eigenvalue weighted by atomic mass is 35.5. The number of aromatic nitrogens is 2. The Morgan fingerprint density at radius 3 is 2.81 bits per heavy atom. The summed E-state index contributed by atoms with van der Waals surface area (Å²) in [6, 6.07) is 4.45. The van der Waals surface area contributed by atoms with Gasteiger partial charge in [-0.15, -0.1) is 0 Å². The Labute approximate surface area is 128 Å². The first-order chi connectivity index (χ1) is 9.99. The van der Waals surface area contributed by atoms with E-state index < -0.39 is 11.9 Å². The monoisotopic (exact) mass is 312 g/mol. The number of hydrogen-bond acceptors (Lipinski definition) is 3. The zero-order valence-corrected chi connectivity index (χ0v) is 13.0. The van der Waals surface area contributed by atoms with Crippen molar-refractivity contribution in [3.63, 3.8) is 0 Å². The summed E-state index contributed by atoms with van der Waals surface area (Å²) in [6.45, 7) is 4.36. The van der Waals surface area contributed by atoms with Crippen LogP contribution in [0.1, 0.15) is 30.0 Å². The van der Waals surface area contributed by atoms with Crippen LogP contribution >= 0.6 is 11.6 Å². The number of rotatable bonds is 5. The Balaban J connectivity index is 2.37. The summed E-state index contributed by atoms with van der Waals surface area (Å²) in [4.78, 5) is 0. The second-order valence-electron chi connectivity index (χ2n) is 4.74. The molecule has 0 spiro atoms. The zero-order chi connectivity index (χ0) is 15.6. The third-order valence-electron chi connectivity index (χ3n) is 3.41. The van der Waals surface area contributed by atoms with Gasteiger partial charge in [-0.3, -0.25) is 4.68 Å². The number of ether oxygens (including phenoxy) is 1. The minimum atomic E-state index is -1.06. The topological polar surface area (TPSA) is 47.3 Å². The maximum absolute atomic E-state index is 14.0. The Morgan fingerprint density at radius 2 is 2.19 bits per heavy atom. The molecule has 21 heavy (non-hydrogen) atoms. The summed E-state index contributed by atoms with van der Waals surface area (Å²) in [5.74, 6) is -0.185. The van der Waals surface area contributed by atoms with Gasteiger partial charge in [0.15, 0.2) is 0 Å². The highest BCUT2D eigenvalue weighted by Crippen LogP contribution is 2.32. The molecule has 0 aliphatic rings. The van der Waals surface area contributed by atoms with Crippen LogP contribution in [0.3, 0.4) is 0 Å². The number of methoxy groups -OCH3 is 1. The van der Waals surface area contributed by atoms with Gasteiger partial charge in [0.1, 0.15) is 11.6 Å². The van der Waals surface area contributed by atoms with Crippen molar-refractivity contribution in [2.45, 2.75) is 32.9 Å². The van der Waals surface area contributed by atoms with E-state index in [-0.39, 0.29) is 12.0 Å². The van der Waals surface area contributed by atoms with Gasteiger partial charge in [-0.25, -0.2) is 4.39 Å². The Bertz CT molecular complexity index is 643. The fourth-order valence-electron chi connectivity index (χ4n) is 2.37. The first-order valence-electron chi connectivity index (χ1n) is 6.71. The van der Waals surface area contributed by atoms with Gasteiger partial charge < -0.3 is 9.84 Å². The summed E-state index contributed by atoms with van der Waals surface area (Å²) in [6.07, 6.45) is -0.884. The Morgan fingerprint density at radius 1 is 1.48 bits per heavy atom.